The van der Waals surface area contributed by atoms with Gasteiger partial charge in [0.05, 0.1) is 6.20 Å². The van der Waals surface area contributed by atoms with Gasteiger partial charge < -0.3 is 9.47 Å². The van der Waals surface area contributed by atoms with E-state index in [1.54, 1.807) is 0 Å². The van der Waals surface area contributed by atoms with Gasteiger partial charge in [0.2, 0.25) is 5.88 Å². The van der Waals surface area contributed by atoms with E-state index in [1.807, 2.05) is 60.7 Å². The molecule has 0 fully saturated rings. The molecule has 24 heavy (non-hydrogen) atoms. The van der Waals surface area contributed by atoms with Crippen molar-refractivity contribution in [3.63, 3.8) is 0 Å². The highest BCUT2D eigenvalue weighted by atomic mass is 16.5. The van der Waals surface area contributed by atoms with Crippen LogP contribution in [0.4, 0.5) is 0 Å². The highest BCUT2D eigenvalue weighted by molar-refractivity contribution is 5.39. The quantitative estimate of drug-likeness (QED) is 0.652. The Morgan fingerprint density at radius 3 is 2.00 bits per heavy atom. The zero-order chi connectivity index (χ0) is 16.6. The molecule has 4 heteroatoms. The van der Waals surface area contributed by atoms with Gasteiger partial charge in [-0.05, 0) is 11.1 Å². The molecule has 0 aliphatic carbocycles. The fourth-order valence-corrected chi connectivity index (χ4v) is 2.08. The fraction of sp³-hybridized carbons (Fsp3) is 0.100. The maximum Gasteiger partial charge on any atom is 0.320 e. The third-order valence-corrected chi connectivity index (χ3v) is 3.32. The Balaban J connectivity index is 1.69. The highest BCUT2D eigenvalue weighted by Crippen LogP contribution is 2.19. The minimum absolute atomic E-state index is 0.237. The zero-order valence-electron chi connectivity index (χ0n) is 13.1. The van der Waals surface area contributed by atoms with Gasteiger partial charge in [0.1, 0.15) is 18.8 Å². The van der Waals surface area contributed by atoms with Gasteiger partial charge in [-0.2, -0.15) is 4.98 Å². The Hall–Kier alpha value is -3.32. The minimum Gasteiger partial charge on any atom is -0.472 e. The molecule has 0 atom stereocenters. The lowest BCUT2D eigenvalue weighted by molar-refractivity contribution is 0.258. The van der Waals surface area contributed by atoms with E-state index in [0.717, 1.165) is 11.1 Å². The van der Waals surface area contributed by atoms with Crippen LogP contribution in [0.15, 0.2) is 66.9 Å². The molecule has 0 aliphatic heterocycles. The van der Waals surface area contributed by atoms with Crippen molar-refractivity contribution in [1.82, 2.24) is 9.97 Å². The third-order valence-electron chi connectivity index (χ3n) is 3.32. The summed E-state index contributed by atoms with van der Waals surface area (Å²) in [6.07, 6.45) is 7.02. The zero-order valence-corrected chi connectivity index (χ0v) is 13.1. The van der Waals surface area contributed by atoms with Crippen molar-refractivity contribution in [1.29, 1.82) is 0 Å². The van der Waals surface area contributed by atoms with E-state index in [4.69, 9.17) is 15.9 Å². The average Bonchev–Trinajstić information content (AvgIpc) is 2.66. The Labute approximate surface area is 141 Å². The van der Waals surface area contributed by atoms with Gasteiger partial charge in [-0.25, -0.2) is 4.98 Å². The van der Waals surface area contributed by atoms with E-state index < -0.39 is 0 Å². The van der Waals surface area contributed by atoms with Crippen molar-refractivity contribution in [3.05, 3.63) is 83.6 Å². The highest BCUT2D eigenvalue weighted by Gasteiger charge is 2.08. The molecule has 0 saturated heterocycles. The van der Waals surface area contributed by atoms with E-state index >= 15 is 0 Å². The predicted octanol–water partition coefficient (Wildman–Crippen LogP) is 3.62. The molecule has 0 bridgehead atoms. The standard InChI is InChI=1S/C20H16N2O2/c1-2-18-13-21-20(24-15-17-11-7-4-8-12-17)22-19(18)23-14-16-9-5-3-6-10-16/h1,3-13H,14-15H2. The minimum atomic E-state index is 0.237. The summed E-state index contributed by atoms with van der Waals surface area (Å²) in [5.41, 5.74) is 2.57. The first kappa shape index (κ1) is 15.6. The van der Waals surface area contributed by atoms with Gasteiger partial charge in [-0.1, -0.05) is 66.6 Å². The first-order valence-electron chi connectivity index (χ1n) is 7.52. The molecule has 0 aliphatic rings. The van der Waals surface area contributed by atoms with Crippen molar-refractivity contribution in [2.45, 2.75) is 13.2 Å². The summed E-state index contributed by atoms with van der Waals surface area (Å²) in [5, 5.41) is 0. The third kappa shape index (κ3) is 4.11. The summed E-state index contributed by atoms with van der Waals surface area (Å²) in [7, 11) is 0. The van der Waals surface area contributed by atoms with Crippen LogP contribution in [-0.4, -0.2) is 9.97 Å². The molecule has 0 spiro atoms. The second-order valence-corrected chi connectivity index (χ2v) is 5.06. The smallest absolute Gasteiger partial charge is 0.320 e. The van der Waals surface area contributed by atoms with E-state index in [2.05, 4.69) is 15.9 Å². The van der Waals surface area contributed by atoms with Crippen molar-refractivity contribution < 1.29 is 9.47 Å². The van der Waals surface area contributed by atoms with Crippen molar-refractivity contribution in [2.75, 3.05) is 0 Å². The van der Waals surface area contributed by atoms with Crippen molar-refractivity contribution >= 4 is 0 Å². The summed E-state index contributed by atoms with van der Waals surface area (Å²) < 4.78 is 11.3. The van der Waals surface area contributed by atoms with Crippen molar-refractivity contribution in [3.8, 4) is 24.2 Å². The number of ether oxygens (including phenoxy) is 2. The lowest BCUT2D eigenvalue weighted by Crippen LogP contribution is -2.04. The fourth-order valence-electron chi connectivity index (χ4n) is 2.08. The van der Waals surface area contributed by atoms with E-state index in [0.29, 0.717) is 24.7 Å². The molecule has 3 rings (SSSR count). The molecule has 0 saturated carbocycles. The molecule has 1 aromatic heterocycles. The van der Waals surface area contributed by atoms with Crippen molar-refractivity contribution in [2.24, 2.45) is 0 Å². The summed E-state index contributed by atoms with van der Waals surface area (Å²) in [4.78, 5) is 8.40. The molecule has 0 unspecified atom stereocenters. The first-order chi connectivity index (χ1) is 11.8. The maximum atomic E-state index is 5.73. The number of rotatable bonds is 6. The van der Waals surface area contributed by atoms with Crippen LogP contribution >= 0.6 is 0 Å². The Morgan fingerprint density at radius 2 is 1.42 bits per heavy atom. The van der Waals surface area contributed by atoms with Gasteiger partial charge in [0, 0.05) is 0 Å². The van der Waals surface area contributed by atoms with Crippen LogP contribution in [-0.2, 0) is 13.2 Å². The molecular weight excluding hydrogens is 300 g/mol. The summed E-state index contributed by atoms with van der Waals surface area (Å²) >= 11 is 0. The van der Waals surface area contributed by atoms with Gasteiger partial charge in [-0.3, -0.25) is 0 Å². The molecule has 0 N–H and O–H groups in total. The largest absolute Gasteiger partial charge is 0.472 e. The molecule has 4 nitrogen and oxygen atoms in total. The lowest BCUT2D eigenvalue weighted by Gasteiger charge is -2.09. The van der Waals surface area contributed by atoms with Gasteiger partial charge in [0.15, 0.2) is 0 Å². The van der Waals surface area contributed by atoms with Gasteiger partial charge >= 0.3 is 6.01 Å². The van der Waals surface area contributed by atoms with E-state index in [-0.39, 0.29) is 6.01 Å². The van der Waals surface area contributed by atoms with Crippen LogP contribution in [0.25, 0.3) is 0 Å². The number of terminal acetylenes is 1. The van der Waals surface area contributed by atoms with Crippen LogP contribution in [0.5, 0.6) is 11.9 Å². The number of hydrogen-bond acceptors (Lipinski definition) is 4. The second-order valence-electron chi connectivity index (χ2n) is 5.06. The Bertz CT molecular complexity index is 827. The molecule has 3 aromatic rings. The Morgan fingerprint density at radius 1 is 0.833 bits per heavy atom. The van der Waals surface area contributed by atoms with Gasteiger partial charge in [0.25, 0.3) is 0 Å². The Kier molecular flexibility index (Phi) is 5.06. The molecule has 0 radical (unpaired) electrons. The number of nitrogens with zero attached hydrogens (tertiary/aromatic N) is 2. The van der Waals surface area contributed by atoms with E-state index in [9.17, 15) is 0 Å². The SMILES string of the molecule is C#Cc1cnc(OCc2ccccc2)nc1OCc1ccccc1. The topological polar surface area (TPSA) is 44.2 Å². The summed E-state index contributed by atoms with van der Waals surface area (Å²) in [6.45, 7) is 0.763. The molecule has 1 heterocycles. The number of aromatic nitrogens is 2. The number of benzene rings is 2. The normalized spacial score (nSPS) is 9.96. The van der Waals surface area contributed by atoms with Crippen LogP contribution < -0.4 is 9.47 Å². The average molecular weight is 316 g/mol. The number of hydrogen-bond donors (Lipinski definition) is 0. The predicted molar refractivity (Wildman–Crippen MR) is 91.5 cm³/mol. The van der Waals surface area contributed by atoms with Gasteiger partial charge in [-0.15, -0.1) is 6.42 Å². The van der Waals surface area contributed by atoms with Crippen LogP contribution in [0.1, 0.15) is 16.7 Å². The maximum absolute atomic E-state index is 5.73. The molecule has 0 amide bonds. The first-order valence-corrected chi connectivity index (χ1v) is 7.52. The summed E-state index contributed by atoms with van der Waals surface area (Å²) in [5.74, 6) is 2.87. The van der Waals surface area contributed by atoms with Crippen LogP contribution in [0.3, 0.4) is 0 Å². The van der Waals surface area contributed by atoms with Crippen LogP contribution in [0.2, 0.25) is 0 Å². The summed E-state index contributed by atoms with van der Waals surface area (Å²) in [6, 6.07) is 19.9. The second kappa shape index (κ2) is 7.80. The monoisotopic (exact) mass is 316 g/mol. The van der Waals surface area contributed by atoms with E-state index in [1.165, 1.54) is 6.20 Å². The lowest BCUT2D eigenvalue weighted by atomic mass is 10.2. The molecule has 2 aromatic carbocycles. The molecular formula is C20H16N2O2. The molecule has 118 valence electrons. The van der Waals surface area contributed by atoms with Crippen LogP contribution in [0, 0.1) is 12.3 Å².